The molecule has 0 heterocycles. The van der Waals surface area contributed by atoms with Gasteiger partial charge in [0.25, 0.3) is 5.91 Å². The number of rotatable bonds is 10. The van der Waals surface area contributed by atoms with Gasteiger partial charge in [-0.25, -0.2) is 9.59 Å². The van der Waals surface area contributed by atoms with Crippen LogP contribution in [0, 0.1) is 5.92 Å². The van der Waals surface area contributed by atoms with Gasteiger partial charge in [-0.3, -0.25) is 9.59 Å². The van der Waals surface area contributed by atoms with Crippen LogP contribution in [0.2, 0.25) is 0 Å². The van der Waals surface area contributed by atoms with Crippen molar-refractivity contribution >= 4 is 23.9 Å². The van der Waals surface area contributed by atoms with Gasteiger partial charge in [0.15, 0.2) is 0 Å². The Hall–Kier alpha value is -3.10. The van der Waals surface area contributed by atoms with Gasteiger partial charge in [-0.05, 0) is 45.1 Å². The number of amides is 2. The normalized spacial score (nSPS) is 14.1. The maximum Gasteiger partial charge on any atom is 0.408 e. The molecule has 9 nitrogen and oxygen atoms in total. The third-order valence-corrected chi connectivity index (χ3v) is 4.24. The number of aliphatic carboxylic acids is 1. The molecular weight excluding hydrogens is 416 g/mol. The van der Waals surface area contributed by atoms with Gasteiger partial charge in [-0.15, -0.1) is 0 Å². The van der Waals surface area contributed by atoms with Crippen molar-refractivity contribution in [3.63, 3.8) is 0 Å². The van der Waals surface area contributed by atoms with Gasteiger partial charge in [0.2, 0.25) is 6.10 Å². The second-order valence-corrected chi connectivity index (χ2v) is 9.00. The van der Waals surface area contributed by atoms with E-state index in [4.69, 9.17) is 9.47 Å². The van der Waals surface area contributed by atoms with Crippen LogP contribution in [0.1, 0.15) is 53.5 Å². The molecule has 0 aliphatic carbocycles. The number of benzene rings is 1. The number of nitrogens with one attached hydrogen (secondary N) is 2. The lowest BCUT2D eigenvalue weighted by molar-refractivity contribution is -0.157. The second kappa shape index (κ2) is 12.1. The molecule has 0 aliphatic rings. The van der Waals surface area contributed by atoms with Crippen LogP contribution in [0.4, 0.5) is 4.79 Å². The standard InChI is InChI=1S/C23H34N2O7/c1-14(2)12-18(21(28)29)24-20(27)19(31-15(3)26)17(13-16-10-8-7-9-11-16)25-22(30)32-23(4,5)6/h7-11,14,17-19H,12-13H2,1-6H3,(H,24,27)(H,25,30)(H,28,29)/t17-,18+,19+/m1/s1. The molecule has 1 rings (SSSR count). The molecule has 3 N–H and O–H groups in total. The van der Waals surface area contributed by atoms with Crippen molar-refractivity contribution in [1.82, 2.24) is 10.6 Å². The molecule has 0 saturated heterocycles. The highest BCUT2D eigenvalue weighted by molar-refractivity contribution is 5.88. The van der Waals surface area contributed by atoms with Crippen LogP contribution in [0.15, 0.2) is 30.3 Å². The fourth-order valence-electron chi connectivity index (χ4n) is 3.00. The zero-order valence-electron chi connectivity index (χ0n) is 19.5. The summed E-state index contributed by atoms with van der Waals surface area (Å²) in [6, 6.07) is 6.84. The van der Waals surface area contributed by atoms with Crippen molar-refractivity contribution in [3.8, 4) is 0 Å². The molecule has 0 bridgehead atoms. The van der Waals surface area contributed by atoms with E-state index in [2.05, 4.69) is 10.6 Å². The Morgan fingerprint density at radius 2 is 1.62 bits per heavy atom. The summed E-state index contributed by atoms with van der Waals surface area (Å²) >= 11 is 0. The van der Waals surface area contributed by atoms with Crippen LogP contribution in [-0.2, 0) is 30.3 Å². The third-order valence-electron chi connectivity index (χ3n) is 4.24. The Morgan fingerprint density at radius 1 is 1.03 bits per heavy atom. The van der Waals surface area contributed by atoms with E-state index in [-0.39, 0.29) is 18.8 Å². The lowest BCUT2D eigenvalue weighted by atomic mass is 9.99. The summed E-state index contributed by atoms with van der Waals surface area (Å²) in [5.41, 5.74) is -0.0119. The fraction of sp³-hybridized carbons (Fsp3) is 0.565. The van der Waals surface area contributed by atoms with E-state index < -0.39 is 47.7 Å². The maximum atomic E-state index is 13.0. The Bertz CT molecular complexity index is 787. The predicted octanol–water partition coefficient (Wildman–Crippen LogP) is 2.67. The quantitative estimate of drug-likeness (QED) is 0.467. The number of hydrogen-bond donors (Lipinski definition) is 3. The summed E-state index contributed by atoms with van der Waals surface area (Å²) in [6.07, 6.45) is -1.92. The van der Waals surface area contributed by atoms with Crippen molar-refractivity contribution in [2.45, 2.75) is 78.2 Å². The maximum absolute atomic E-state index is 13.0. The van der Waals surface area contributed by atoms with Crippen LogP contribution in [0.5, 0.6) is 0 Å². The Labute approximate surface area is 188 Å². The van der Waals surface area contributed by atoms with Crippen molar-refractivity contribution in [3.05, 3.63) is 35.9 Å². The first-order valence-electron chi connectivity index (χ1n) is 10.5. The Morgan fingerprint density at radius 3 is 2.09 bits per heavy atom. The van der Waals surface area contributed by atoms with Gasteiger partial charge in [0.05, 0.1) is 6.04 Å². The van der Waals surface area contributed by atoms with Crippen molar-refractivity contribution < 1.29 is 33.8 Å². The van der Waals surface area contributed by atoms with Crippen LogP contribution < -0.4 is 10.6 Å². The third kappa shape index (κ3) is 10.3. The van der Waals surface area contributed by atoms with Gasteiger partial charge in [-0.2, -0.15) is 0 Å². The number of alkyl carbamates (subject to hydrolysis) is 1. The highest BCUT2D eigenvalue weighted by Crippen LogP contribution is 2.14. The molecule has 0 unspecified atom stereocenters. The topological polar surface area (TPSA) is 131 Å². The molecule has 0 spiro atoms. The van der Waals surface area contributed by atoms with Crippen molar-refractivity contribution in [2.24, 2.45) is 5.92 Å². The molecule has 0 radical (unpaired) electrons. The molecule has 1 aromatic rings. The first-order valence-corrected chi connectivity index (χ1v) is 10.5. The monoisotopic (exact) mass is 450 g/mol. The Kier molecular flexibility index (Phi) is 10.2. The lowest BCUT2D eigenvalue weighted by Gasteiger charge is -2.29. The molecule has 0 aromatic heterocycles. The first-order chi connectivity index (χ1) is 14.8. The number of hydrogen-bond acceptors (Lipinski definition) is 6. The molecule has 2 amide bonds. The number of esters is 1. The van der Waals surface area contributed by atoms with E-state index in [1.54, 1.807) is 45.0 Å². The highest BCUT2D eigenvalue weighted by atomic mass is 16.6. The summed E-state index contributed by atoms with van der Waals surface area (Å²) in [5.74, 6) is -2.76. The average molecular weight is 451 g/mol. The lowest BCUT2D eigenvalue weighted by Crippen LogP contribution is -2.56. The van der Waals surface area contributed by atoms with Crippen LogP contribution in [0.25, 0.3) is 0 Å². The number of carbonyl (C=O) groups is 4. The van der Waals surface area contributed by atoms with E-state index in [0.29, 0.717) is 0 Å². The summed E-state index contributed by atoms with van der Waals surface area (Å²) in [4.78, 5) is 48.8. The van der Waals surface area contributed by atoms with Gasteiger partial charge in [0, 0.05) is 6.92 Å². The zero-order valence-corrected chi connectivity index (χ0v) is 19.5. The van der Waals surface area contributed by atoms with E-state index in [9.17, 15) is 24.3 Å². The van der Waals surface area contributed by atoms with Crippen molar-refractivity contribution in [2.75, 3.05) is 0 Å². The van der Waals surface area contributed by atoms with E-state index in [1.807, 2.05) is 19.9 Å². The van der Waals surface area contributed by atoms with Crippen LogP contribution in [-0.4, -0.2) is 52.8 Å². The first kappa shape index (κ1) is 26.9. The predicted molar refractivity (Wildman–Crippen MR) is 118 cm³/mol. The molecule has 178 valence electrons. The van der Waals surface area contributed by atoms with Gasteiger partial charge >= 0.3 is 18.0 Å². The molecule has 32 heavy (non-hydrogen) atoms. The fourth-order valence-corrected chi connectivity index (χ4v) is 3.00. The number of carbonyl (C=O) groups excluding carboxylic acids is 3. The van der Waals surface area contributed by atoms with E-state index in [0.717, 1.165) is 12.5 Å². The zero-order chi connectivity index (χ0) is 24.5. The number of carboxylic acids is 1. The van der Waals surface area contributed by atoms with E-state index >= 15 is 0 Å². The molecule has 0 aliphatic heterocycles. The van der Waals surface area contributed by atoms with Crippen molar-refractivity contribution in [1.29, 1.82) is 0 Å². The molecule has 3 atom stereocenters. The van der Waals surface area contributed by atoms with Gasteiger partial charge in [0.1, 0.15) is 11.6 Å². The minimum Gasteiger partial charge on any atom is -0.480 e. The molecule has 0 saturated carbocycles. The largest absolute Gasteiger partial charge is 0.480 e. The second-order valence-electron chi connectivity index (χ2n) is 9.00. The van der Waals surface area contributed by atoms with Gasteiger partial charge in [-0.1, -0.05) is 44.2 Å². The highest BCUT2D eigenvalue weighted by Gasteiger charge is 2.36. The smallest absolute Gasteiger partial charge is 0.408 e. The molecular formula is C23H34N2O7. The van der Waals surface area contributed by atoms with Gasteiger partial charge < -0.3 is 25.2 Å². The number of ether oxygens (including phenoxy) is 2. The SMILES string of the molecule is CC(=O)O[C@H](C(=O)N[C@@H](CC(C)C)C(=O)O)[C@@H](Cc1ccccc1)NC(=O)OC(C)(C)C. The van der Waals surface area contributed by atoms with Crippen LogP contribution >= 0.6 is 0 Å². The molecule has 1 aromatic carbocycles. The summed E-state index contributed by atoms with van der Waals surface area (Å²) in [6.45, 7) is 9.87. The summed E-state index contributed by atoms with van der Waals surface area (Å²) in [7, 11) is 0. The summed E-state index contributed by atoms with van der Waals surface area (Å²) in [5, 5.41) is 14.5. The minimum absolute atomic E-state index is 0.00331. The molecule has 0 fully saturated rings. The minimum atomic E-state index is -1.46. The number of carboxylic acid groups (broad SMARTS) is 1. The molecule has 9 heteroatoms. The van der Waals surface area contributed by atoms with E-state index in [1.165, 1.54) is 0 Å². The Balaban J connectivity index is 3.21. The van der Waals surface area contributed by atoms with Crippen LogP contribution in [0.3, 0.4) is 0 Å². The summed E-state index contributed by atoms with van der Waals surface area (Å²) < 4.78 is 10.5. The average Bonchev–Trinajstić information content (AvgIpc) is 2.63.